The minimum Gasteiger partial charge on any atom is -0.493 e. The number of carbonyl (C=O) groups excluding carboxylic acids is 1. The molecule has 0 saturated carbocycles. The summed E-state index contributed by atoms with van der Waals surface area (Å²) in [5.41, 5.74) is 2.04. The molecular weight excluding hydrogens is 406 g/mol. The molecule has 2 aromatic rings. The molecule has 8 heteroatoms. The molecule has 0 unspecified atom stereocenters. The number of carbonyl (C=O) groups is 1. The zero-order valence-electron chi connectivity index (χ0n) is 13.3. The van der Waals surface area contributed by atoms with Gasteiger partial charge in [-0.15, -0.1) is 0 Å². The van der Waals surface area contributed by atoms with E-state index in [0.29, 0.717) is 30.2 Å². The van der Waals surface area contributed by atoms with Crippen molar-refractivity contribution in [1.29, 1.82) is 0 Å². The molecule has 0 aliphatic carbocycles. The number of nitrogens with one attached hydrogen (secondary N) is 1. The summed E-state index contributed by atoms with van der Waals surface area (Å²) in [5, 5.41) is 2.69. The van der Waals surface area contributed by atoms with Gasteiger partial charge in [-0.2, -0.15) is 0 Å². The van der Waals surface area contributed by atoms with Gasteiger partial charge in [0.15, 0.2) is 16.6 Å². The van der Waals surface area contributed by atoms with Crippen LogP contribution >= 0.6 is 28.1 Å². The van der Waals surface area contributed by atoms with E-state index in [2.05, 4.69) is 31.2 Å². The lowest BCUT2D eigenvalue weighted by Gasteiger charge is -2.14. The molecule has 0 bridgehead atoms. The molecule has 1 aliphatic heterocycles. The van der Waals surface area contributed by atoms with Crippen LogP contribution in [-0.2, 0) is 17.8 Å². The molecule has 0 fully saturated rings. The summed E-state index contributed by atoms with van der Waals surface area (Å²) < 4.78 is 12.0. The zero-order valence-corrected chi connectivity index (χ0v) is 15.7. The van der Waals surface area contributed by atoms with Crippen LogP contribution in [0.25, 0.3) is 0 Å². The first-order valence-corrected chi connectivity index (χ1v) is 8.59. The van der Waals surface area contributed by atoms with Crippen molar-refractivity contribution in [2.75, 3.05) is 7.11 Å². The number of thiocarbonyl (C=S) groups is 1. The summed E-state index contributed by atoms with van der Waals surface area (Å²) in [6, 6.07) is 9.32. The average Bonchev–Trinajstić information content (AvgIpc) is 2.91. The van der Waals surface area contributed by atoms with Gasteiger partial charge in [-0.05, 0) is 58.0 Å². The molecule has 25 heavy (non-hydrogen) atoms. The fourth-order valence-electron chi connectivity index (χ4n) is 2.33. The molecule has 128 valence electrons. The van der Waals surface area contributed by atoms with Crippen molar-refractivity contribution in [1.82, 2.24) is 10.3 Å². The van der Waals surface area contributed by atoms with E-state index in [0.717, 1.165) is 15.7 Å². The Morgan fingerprint density at radius 3 is 2.80 bits per heavy atom. The third-order valence-corrected chi connectivity index (χ3v) is 4.25. The fourth-order valence-corrected chi connectivity index (χ4v) is 3.14. The number of benzene rings is 1. The quantitative estimate of drug-likeness (QED) is 0.728. The summed E-state index contributed by atoms with van der Waals surface area (Å²) in [6.45, 7) is 0.318. The molecular formula is C17H14BrN3O3S. The Balaban J connectivity index is 1.80. The van der Waals surface area contributed by atoms with Gasteiger partial charge in [0.2, 0.25) is 0 Å². The van der Waals surface area contributed by atoms with Crippen LogP contribution in [0.1, 0.15) is 11.3 Å². The van der Waals surface area contributed by atoms with Crippen LogP contribution in [0, 0.1) is 0 Å². The normalized spacial score (nSPS) is 13.4. The number of pyridine rings is 1. The first-order valence-electron chi connectivity index (χ1n) is 7.39. The number of nitrogens with zero attached hydrogens (tertiary/aromatic N) is 2. The first-order chi connectivity index (χ1) is 12.1. The predicted octanol–water partition coefficient (Wildman–Crippen LogP) is 2.83. The molecule has 1 amide bonds. The Kier molecular flexibility index (Phi) is 5.40. The lowest BCUT2D eigenvalue weighted by molar-refractivity contribution is -0.113. The lowest BCUT2D eigenvalue weighted by atomic mass is 10.1. The standard InChI is InChI=1S/C17H14BrN3O3S/c1-23-14-8-10(7-13-16(22)21-17(25)20-13)6-12(18)15(14)24-9-11-4-2-3-5-19-11/h2-6,8H,7,9H2,1H3,(H,21,22,25). The van der Waals surface area contributed by atoms with Gasteiger partial charge in [-0.25, -0.2) is 4.99 Å². The highest BCUT2D eigenvalue weighted by Crippen LogP contribution is 2.37. The number of aromatic nitrogens is 1. The third-order valence-electron chi connectivity index (χ3n) is 3.47. The molecule has 0 spiro atoms. The van der Waals surface area contributed by atoms with Crippen LogP contribution in [-0.4, -0.2) is 28.8 Å². The van der Waals surface area contributed by atoms with Gasteiger partial charge in [-0.3, -0.25) is 15.1 Å². The van der Waals surface area contributed by atoms with Crippen molar-refractivity contribution in [3.8, 4) is 11.5 Å². The van der Waals surface area contributed by atoms with Crippen molar-refractivity contribution in [2.24, 2.45) is 4.99 Å². The minimum atomic E-state index is -0.268. The average molecular weight is 420 g/mol. The van der Waals surface area contributed by atoms with Gasteiger partial charge in [0.25, 0.3) is 5.91 Å². The van der Waals surface area contributed by atoms with Crippen molar-refractivity contribution < 1.29 is 14.3 Å². The van der Waals surface area contributed by atoms with Crippen LogP contribution in [0.4, 0.5) is 0 Å². The topological polar surface area (TPSA) is 72.8 Å². The molecule has 2 heterocycles. The second-order valence-corrected chi connectivity index (χ2v) is 6.45. The van der Waals surface area contributed by atoms with Crippen LogP contribution in [0.5, 0.6) is 11.5 Å². The molecule has 6 nitrogen and oxygen atoms in total. The molecule has 0 saturated heterocycles. The molecule has 0 radical (unpaired) electrons. The van der Waals surface area contributed by atoms with Crippen molar-refractivity contribution in [3.63, 3.8) is 0 Å². The molecule has 1 aliphatic rings. The van der Waals surface area contributed by atoms with E-state index in [1.54, 1.807) is 13.3 Å². The largest absolute Gasteiger partial charge is 0.493 e. The Morgan fingerprint density at radius 2 is 2.16 bits per heavy atom. The summed E-state index contributed by atoms with van der Waals surface area (Å²) in [5.74, 6) is 0.864. The smallest absolute Gasteiger partial charge is 0.272 e. The Hall–Kier alpha value is -2.32. The molecule has 0 atom stereocenters. The molecule has 1 N–H and O–H groups in total. The number of amides is 1. The highest BCUT2D eigenvalue weighted by Gasteiger charge is 2.22. The Morgan fingerprint density at radius 1 is 1.32 bits per heavy atom. The summed E-state index contributed by atoms with van der Waals surface area (Å²) in [6.07, 6.45) is 2.06. The van der Waals surface area contributed by atoms with E-state index in [-0.39, 0.29) is 11.0 Å². The molecule has 3 rings (SSSR count). The lowest BCUT2D eigenvalue weighted by Crippen LogP contribution is -2.26. The molecule has 1 aromatic carbocycles. The SMILES string of the molecule is COc1cc(CC2=NC(=S)NC2=O)cc(Br)c1OCc1ccccn1. The van der Waals surface area contributed by atoms with Crippen molar-refractivity contribution in [2.45, 2.75) is 13.0 Å². The Labute approximate surface area is 158 Å². The number of methoxy groups -OCH3 is 1. The summed E-state index contributed by atoms with van der Waals surface area (Å²) >= 11 is 8.38. The monoisotopic (exact) mass is 419 g/mol. The number of hydrogen-bond donors (Lipinski definition) is 1. The van der Waals surface area contributed by atoms with Gasteiger partial charge in [0.1, 0.15) is 12.3 Å². The first kappa shape index (κ1) is 17.5. The van der Waals surface area contributed by atoms with E-state index in [1.807, 2.05) is 30.3 Å². The van der Waals surface area contributed by atoms with Crippen LogP contribution in [0.3, 0.4) is 0 Å². The van der Waals surface area contributed by atoms with E-state index in [1.165, 1.54) is 0 Å². The van der Waals surface area contributed by atoms with Crippen molar-refractivity contribution in [3.05, 3.63) is 52.3 Å². The minimum absolute atomic E-state index is 0.196. The number of halogens is 1. The predicted molar refractivity (Wildman–Crippen MR) is 101 cm³/mol. The van der Waals surface area contributed by atoms with E-state index in [9.17, 15) is 4.79 Å². The number of hydrogen-bond acceptors (Lipinski definition) is 5. The third kappa shape index (κ3) is 4.21. The number of rotatable bonds is 6. The van der Waals surface area contributed by atoms with E-state index in [4.69, 9.17) is 21.7 Å². The molecule has 1 aromatic heterocycles. The van der Waals surface area contributed by atoms with Gasteiger partial charge in [0.05, 0.1) is 17.3 Å². The van der Waals surface area contributed by atoms with Crippen molar-refractivity contribution >= 4 is 44.9 Å². The second kappa shape index (κ2) is 7.71. The van der Waals surface area contributed by atoms with E-state index < -0.39 is 0 Å². The van der Waals surface area contributed by atoms with Gasteiger partial charge >= 0.3 is 0 Å². The van der Waals surface area contributed by atoms with Gasteiger partial charge < -0.3 is 9.47 Å². The highest BCUT2D eigenvalue weighted by atomic mass is 79.9. The van der Waals surface area contributed by atoms with E-state index >= 15 is 0 Å². The highest BCUT2D eigenvalue weighted by molar-refractivity contribution is 9.10. The number of ether oxygens (including phenoxy) is 2. The van der Waals surface area contributed by atoms with Crippen LogP contribution < -0.4 is 14.8 Å². The van der Waals surface area contributed by atoms with Gasteiger partial charge in [-0.1, -0.05) is 6.07 Å². The number of aliphatic imine (C=N–C) groups is 1. The summed E-state index contributed by atoms with van der Waals surface area (Å²) in [4.78, 5) is 20.0. The fraction of sp³-hybridized carbons (Fsp3) is 0.176. The maximum atomic E-state index is 11.8. The van der Waals surface area contributed by atoms with Gasteiger partial charge in [0, 0.05) is 12.6 Å². The maximum absolute atomic E-state index is 11.8. The zero-order chi connectivity index (χ0) is 17.8. The van der Waals surface area contributed by atoms with Crippen LogP contribution in [0.2, 0.25) is 0 Å². The second-order valence-electron chi connectivity index (χ2n) is 5.21. The Bertz CT molecular complexity index is 856. The van der Waals surface area contributed by atoms with Crippen LogP contribution in [0.15, 0.2) is 46.0 Å². The summed E-state index contributed by atoms with van der Waals surface area (Å²) in [7, 11) is 1.56. The maximum Gasteiger partial charge on any atom is 0.272 e.